The van der Waals surface area contributed by atoms with Crippen LogP contribution in [0, 0.1) is 28.6 Å². The van der Waals surface area contributed by atoms with Crippen molar-refractivity contribution in [3.05, 3.63) is 60.7 Å². The van der Waals surface area contributed by atoms with Crippen LogP contribution in [0.25, 0.3) is 0 Å². The Morgan fingerprint density at radius 1 is 0.805 bits per heavy atom. The molecule has 3 atom stereocenters. The van der Waals surface area contributed by atoms with Gasteiger partial charge in [0.1, 0.15) is 8.07 Å². The maximum absolute atomic E-state index is 13.0. The minimum atomic E-state index is -2.39. The summed E-state index contributed by atoms with van der Waals surface area (Å²) >= 11 is 0. The van der Waals surface area contributed by atoms with E-state index in [2.05, 4.69) is 116 Å². The molecule has 0 aromatic heterocycles. The molecule has 0 radical (unpaired) electrons. The molecule has 2 rings (SSSR count). The molecule has 0 aliphatic heterocycles. The summed E-state index contributed by atoms with van der Waals surface area (Å²) in [4.78, 5) is 13.0. The first-order valence-electron chi connectivity index (χ1n) is 16.1. The van der Waals surface area contributed by atoms with Crippen LogP contribution in [0.5, 0.6) is 0 Å². The van der Waals surface area contributed by atoms with Crippen molar-refractivity contribution in [1.29, 1.82) is 0 Å². The summed E-state index contributed by atoms with van der Waals surface area (Å²) in [6.07, 6.45) is 5.91. The van der Waals surface area contributed by atoms with E-state index in [4.69, 9.17) is 9.47 Å². The number of benzene rings is 2. The molecule has 0 saturated heterocycles. The van der Waals surface area contributed by atoms with E-state index in [1.165, 1.54) is 36.1 Å². The Hall–Kier alpha value is -1.91. The summed E-state index contributed by atoms with van der Waals surface area (Å²) < 4.78 is 12.0. The zero-order chi connectivity index (χ0) is 30.5. The highest BCUT2D eigenvalue weighted by molar-refractivity contribution is 7.03. The van der Waals surface area contributed by atoms with Crippen molar-refractivity contribution in [1.82, 2.24) is 0 Å². The van der Waals surface area contributed by atoms with E-state index >= 15 is 0 Å². The minimum Gasteiger partial charge on any atom is -0.466 e. The second kappa shape index (κ2) is 16.7. The van der Waals surface area contributed by atoms with E-state index in [1.807, 2.05) is 6.92 Å². The molecular formula is C37H60O3Si. The average Bonchev–Trinajstić information content (AvgIpc) is 2.88. The molecule has 0 N–H and O–H groups in total. The summed E-state index contributed by atoms with van der Waals surface area (Å²) in [5.41, 5.74) is 0.693. The van der Waals surface area contributed by atoms with Crippen LogP contribution in [-0.2, 0) is 14.3 Å². The van der Waals surface area contributed by atoms with Crippen molar-refractivity contribution in [3.63, 3.8) is 0 Å². The molecular weight excluding hydrogens is 520 g/mol. The Kier molecular flexibility index (Phi) is 14.3. The van der Waals surface area contributed by atoms with Gasteiger partial charge in [-0.1, -0.05) is 133 Å². The third kappa shape index (κ3) is 12.9. The average molecular weight is 581 g/mol. The molecule has 0 aliphatic rings. The molecule has 0 amide bonds. The Bertz CT molecular complexity index is 951. The molecule has 2 aromatic carbocycles. The fourth-order valence-electron chi connectivity index (χ4n) is 6.74. The second-order valence-electron chi connectivity index (χ2n) is 14.9. The number of carbonyl (C=O) groups is 1. The molecule has 0 fully saturated rings. The van der Waals surface area contributed by atoms with Gasteiger partial charge < -0.3 is 9.47 Å². The molecule has 4 heteroatoms. The number of ether oxygens (including phenoxy) is 2. The predicted octanol–water partition coefficient (Wildman–Crippen LogP) is 8.76. The maximum atomic E-state index is 13.0. The number of hydrogen-bond donors (Lipinski definition) is 0. The summed E-state index contributed by atoms with van der Waals surface area (Å²) in [7, 11) is -2.39. The van der Waals surface area contributed by atoms with Gasteiger partial charge in [-0.05, 0) is 67.2 Å². The highest BCUT2D eigenvalue weighted by Gasteiger charge is 2.39. The molecule has 230 valence electrons. The van der Waals surface area contributed by atoms with E-state index in [0.29, 0.717) is 35.3 Å². The molecule has 0 spiro atoms. The van der Waals surface area contributed by atoms with E-state index in [9.17, 15) is 4.79 Å². The van der Waals surface area contributed by atoms with Gasteiger partial charge in [0.05, 0.1) is 6.61 Å². The minimum absolute atomic E-state index is 0.0896. The first-order chi connectivity index (χ1) is 19.3. The van der Waals surface area contributed by atoms with Gasteiger partial charge in [-0.2, -0.15) is 0 Å². The number of esters is 1. The lowest BCUT2D eigenvalue weighted by Gasteiger charge is -2.33. The lowest BCUT2D eigenvalue weighted by Crippen LogP contribution is -2.59. The van der Waals surface area contributed by atoms with E-state index < -0.39 is 8.07 Å². The van der Waals surface area contributed by atoms with Crippen LogP contribution in [0.2, 0.25) is 12.1 Å². The Morgan fingerprint density at radius 2 is 1.34 bits per heavy atom. The van der Waals surface area contributed by atoms with E-state index in [-0.39, 0.29) is 5.97 Å². The normalized spacial score (nSPS) is 14.9. The predicted molar refractivity (Wildman–Crippen MR) is 179 cm³/mol. The van der Waals surface area contributed by atoms with Crippen LogP contribution in [0.1, 0.15) is 94.4 Å². The third-order valence-corrected chi connectivity index (χ3v) is 13.3. The van der Waals surface area contributed by atoms with Crippen molar-refractivity contribution in [3.8, 4) is 0 Å². The van der Waals surface area contributed by atoms with Crippen LogP contribution < -0.4 is 10.4 Å². The highest BCUT2D eigenvalue weighted by atomic mass is 28.3. The maximum Gasteiger partial charge on any atom is 0.303 e. The largest absolute Gasteiger partial charge is 0.466 e. The van der Waals surface area contributed by atoms with Crippen LogP contribution >= 0.6 is 0 Å². The highest BCUT2D eigenvalue weighted by Crippen LogP contribution is 2.34. The van der Waals surface area contributed by atoms with Crippen LogP contribution in [0.3, 0.4) is 0 Å². The molecule has 0 heterocycles. The summed E-state index contributed by atoms with van der Waals surface area (Å²) in [6.45, 7) is 22.8. The van der Waals surface area contributed by atoms with Gasteiger partial charge >= 0.3 is 5.97 Å². The Morgan fingerprint density at radius 3 is 1.83 bits per heavy atom. The van der Waals surface area contributed by atoms with Gasteiger partial charge in [-0.25, -0.2) is 0 Å². The van der Waals surface area contributed by atoms with Crippen molar-refractivity contribution < 1.29 is 14.3 Å². The second-order valence-corrected chi connectivity index (χ2v) is 19.1. The molecule has 2 aromatic rings. The van der Waals surface area contributed by atoms with Crippen LogP contribution in [0.4, 0.5) is 0 Å². The van der Waals surface area contributed by atoms with E-state index in [1.54, 1.807) is 0 Å². The van der Waals surface area contributed by atoms with Crippen molar-refractivity contribution in [2.75, 3.05) is 19.8 Å². The number of carbonyl (C=O) groups excluding carboxylic acids is 1. The number of rotatable bonds is 17. The Labute approximate surface area is 253 Å². The third-order valence-electron chi connectivity index (χ3n) is 8.36. The quantitative estimate of drug-likeness (QED) is 0.107. The lowest BCUT2D eigenvalue weighted by atomic mass is 9.76. The van der Waals surface area contributed by atoms with Crippen LogP contribution in [-0.4, -0.2) is 33.9 Å². The van der Waals surface area contributed by atoms with Gasteiger partial charge in [0.2, 0.25) is 0 Å². The fraction of sp³-hybridized carbons (Fsp3) is 0.649. The Balaban J connectivity index is 2.14. The monoisotopic (exact) mass is 580 g/mol. The molecule has 0 aliphatic carbocycles. The smallest absolute Gasteiger partial charge is 0.303 e. The SMILES string of the molecule is CCOC(=O)C[Si](CCCOCC(CCC(C)CC(C)(C)C)C(C)CC(C)(C)C)(c1ccccc1)c1ccccc1. The van der Waals surface area contributed by atoms with Crippen molar-refractivity contribution in [2.24, 2.45) is 28.6 Å². The van der Waals surface area contributed by atoms with Gasteiger partial charge in [-0.3, -0.25) is 4.79 Å². The van der Waals surface area contributed by atoms with Gasteiger partial charge in [-0.15, -0.1) is 0 Å². The molecule has 3 nitrogen and oxygen atoms in total. The van der Waals surface area contributed by atoms with Crippen LogP contribution in [0.15, 0.2) is 60.7 Å². The molecule has 3 unspecified atom stereocenters. The standard InChI is InChI=1S/C37H60O3Si/c1-10-40-35(38)29-41(33-18-13-11-14-19-33,34-20-15-12-16-21-34)25-17-24-39-28-32(31(3)27-37(7,8)9)23-22-30(2)26-36(4,5)6/h11-16,18-21,30-32H,10,17,22-29H2,1-9H3. The molecule has 41 heavy (non-hydrogen) atoms. The summed E-state index contributed by atoms with van der Waals surface area (Å²) in [5.74, 6) is 1.84. The van der Waals surface area contributed by atoms with E-state index in [0.717, 1.165) is 31.6 Å². The number of hydrogen-bond acceptors (Lipinski definition) is 3. The topological polar surface area (TPSA) is 35.5 Å². The van der Waals surface area contributed by atoms with Gasteiger partial charge in [0.25, 0.3) is 0 Å². The summed E-state index contributed by atoms with van der Waals surface area (Å²) in [6, 6.07) is 22.8. The zero-order valence-corrected chi connectivity index (χ0v) is 28.8. The zero-order valence-electron chi connectivity index (χ0n) is 27.8. The first kappa shape index (κ1) is 35.3. The fourth-order valence-corrected chi connectivity index (χ4v) is 11.2. The molecule has 0 saturated carbocycles. The summed E-state index contributed by atoms with van der Waals surface area (Å²) in [5, 5.41) is 2.59. The first-order valence-corrected chi connectivity index (χ1v) is 18.5. The van der Waals surface area contributed by atoms with Gasteiger partial charge in [0.15, 0.2) is 0 Å². The molecule has 0 bridgehead atoms. The lowest BCUT2D eigenvalue weighted by molar-refractivity contribution is -0.140. The van der Waals surface area contributed by atoms with Crippen molar-refractivity contribution in [2.45, 2.75) is 107 Å². The van der Waals surface area contributed by atoms with Gasteiger partial charge in [0, 0.05) is 19.3 Å². The van der Waals surface area contributed by atoms with Crippen molar-refractivity contribution >= 4 is 24.4 Å².